The molecule has 2 rings (SSSR count). The number of carbonyl (C=O) groups excluding carboxylic acids is 1. The van der Waals surface area contributed by atoms with Crippen LogP contribution in [0.2, 0.25) is 0 Å². The van der Waals surface area contributed by atoms with Gasteiger partial charge in [-0.2, -0.15) is 0 Å². The molecule has 80 valence electrons. The molecule has 0 radical (unpaired) electrons. The van der Waals surface area contributed by atoms with Crippen molar-refractivity contribution in [2.75, 3.05) is 33.2 Å². The molecule has 0 unspecified atom stereocenters. The summed E-state index contributed by atoms with van der Waals surface area (Å²) in [5, 5.41) is 2.86. The molecule has 2 fully saturated rings. The van der Waals surface area contributed by atoms with Crippen LogP contribution in [0.1, 0.15) is 19.8 Å². The molecule has 0 bridgehead atoms. The van der Waals surface area contributed by atoms with Gasteiger partial charge in [-0.1, -0.05) is 0 Å². The van der Waals surface area contributed by atoms with Crippen molar-refractivity contribution in [3.8, 4) is 0 Å². The van der Waals surface area contributed by atoms with Gasteiger partial charge >= 0.3 is 6.03 Å². The van der Waals surface area contributed by atoms with E-state index in [0.717, 1.165) is 26.2 Å². The normalized spacial score (nSPS) is 25.1. The Morgan fingerprint density at radius 2 is 2.14 bits per heavy atom. The topological polar surface area (TPSA) is 35.6 Å². The smallest absolute Gasteiger partial charge is 0.317 e. The minimum absolute atomic E-state index is 0.104. The number of nitrogens with one attached hydrogen (secondary N) is 1. The molecule has 0 atom stereocenters. The fraction of sp³-hybridized carbons (Fsp3) is 0.900. The van der Waals surface area contributed by atoms with Gasteiger partial charge in [-0.15, -0.1) is 0 Å². The van der Waals surface area contributed by atoms with Gasteiger partial charge in [0, 0.05) is 31.7 Å². The van der Waals surface area contributed by atoms with E-state index >= 15 is 0 Å². The van der Waals surface area contributed by atoms with Crippen molar-refractivity contribution < 1.29 is 4.79 Å². The lowest BCUT2D eigenvalue weighted by molar-refractivity contribution is 0.0965. The van der Waals surface area contributed by atoms with Crippen LogP contribution in [0.15, 0.2) is 0 Å². The summed E-state index contributed by atoms with van der Waals surface area (Å²) in [6.07, 6.45) is 2.50. The molecule has 0 aromatic rings. The Morgan fingerprint density at radius 1 is 1.43 bits per heavy atom. The van der Waals surface area contributed by atoms with Gasteiger partial charge in [0.05, 0.1) is 0 Å². The molecular formula is C10H19N3O. The standard InChI is InChI=1S/C10H19N3O/c1-3-11-9(14)13-7-6-12(2)10(8-13)4-5-10/h3-8H2,1-2H3,(H,11,14). The fourth-order valence-electron chi connectivity index (χ4n) is 2.18. The minimum atomic E-state index is 0.104. The molecule has 1 aliphatic carbocycles. The van der Waals surface area contributed by atoms with E-state index in [0.29, 0.717) is 5.54 Å². The van der Waals surface area contributed by atoms with Gasteiger partial charge in [0.25, 0.3) is 0 Å². The average molecular weight is 197 g/mol. The lowest BCUT2D eigenvalue weighted by Crippen LogP contribution is -2.56. The van der Waals surface area contributed by atoms with Gasteiger partial charge in [0.1, 0.15) is 0 Å². The van der Waals surface area contributed by atoms with Crippen LogP contribution < -0.4 is 5.32 Å². The number of hydrogen-bond donors (Lipinski definition) is 1. The number of rotatable bonds is 1. The van der Waals surface area contributed by atoms with Crippen molar-refractivity contribution >= 4 is 6.03 Å². The maximum Gasteiger partial charge on any atom is 0.317 e. The van der Waals surface area contributed by atoms with E-state index in [9.17, 15) is 4.79 Å². The minimum Gasteiger partial charge on any atom is -0.338 e. The van der Waals surface area contributed by atoms with Gasteiger partial charge in [-0.25, -0.2) is 4.79 Å². The zero-order chi connectivity index (χ0) is 10.2. The highest BCUT2D eigenvalue weighted by molar-refractivity contribution is 5.74. The highest BCUT2D eigenvalue weighted by atomic mass is 16.2. The molecule has 0 aromatic heterocycles. The average Bonchev–Trinajstić information content (AvgIpc) is 2.92. The van der Waals surface area contributed by atoms with E-state index in [1.807, 2.05) is 11.8 Å². The molecule has 1 N–H and O–H groups in total. The van der Waals surface area contributed by atoms with Crippen molar-refractivity contribution in [1.82, 2.24) is 15.1 Å². The number of piperazine rings is 1. The van der Waals surface area contributed by atoms with Crippen molar-refractivity contribution in [1.29, 1.82) is 0 Å². The Labute approximate surface area is 85.2 Å². The third kappa shape index (κ3) is 1.59. The first-order valence-electron chi connectivity index (χ1n) is 5.42. The summed E-state index contributed by atoms with van der Waals surface area (Å²) in [5.41, 5.74) is 0.337. The summed E-state index contributed by atoms with van der Waals surface area (Å²) >= 11 is 0. The molecule has 2 amide bonds. The first-order chi connectivity index (χ1) is 6.68. The maximum absolute atomic E-state index is 11.6. The maximum atomic E-state index is 11.6. The van der Waals surface area contributed by atoms with Gasteiger partial charge in [0.2, 0.25) is 0 Å². The number of amides is 2. The van der Waals surface area contributed by atoms with Gasteiger partial charge in [-0.3, -0.25) is 4.90 Å². The molecule has 1 heterocycles. The summed E-state index contributed by atoms with van der Waals surface area (Å²) in [6.45, 7) is 5.47. The molecule has 1 saturated carbocycles. The number of urea groups is 1. The van der Waals surface area contributed by atoms with Gasteiger partial charge in [0.15, 0.2) is 0 Å². The Balaban J connectivity index is 1.93. The highest BCUT2D eigenvalue weighted by Gasteiger charge is 2.50. The van der Waals surface area contributed by atoms with Crippen LogP contribution in [-0.2, 0) is 0 Å². The second-order valence-corrected chi connectivity index (χ2v) is 4.40. The van der Waals surface area contributed by atoms with Crippen molar-refractivity contribution in [2.24, 2.45) is 0 Å². The zero-order valence-electron chi connectivity index (χ0n) is 9.05. The Hall–Kier alpha value is -0.770. The summed E-state index contributed by atoms with van der Waals surface area (Å²) in [7, 11) is 2.17. The first kappa shape index (κ1) is 9.77. The monoisotopic (exact) mass is 197 g/mol. The Morgan fingerprint density at radius 3 is 2.71 bits per heavy atom. The molecule has 4 heteroatoms. The van der Waals surface area contributed by atoms with Crippen LogP contribution in [-0.4, -0.2) is 54.6 Å². The number of nitrogens with zero attached hydrogens (tertiary/aromatic N) is 2. The summed E-state index contributed by atoms with van der Waals surface area (Å²) < 4.78 is 0. The Bertz CT molecular complexity index is 238. The third-order valence-electron chi connectivity index (χ3n) is 3.44. The van der Waals surface area contributed by atoms with Crippen LogP contribution in [0.4, 0.5) is 4.79 Å². The first-order valence-corrected chi connectivity index (χ1v) is 5.42. The van der Waals surface area contributed by atoms with E-state index in [1.165, 1.54) is 12.8 Å². The highest BCUT2D eigenvalue weighted by Crippen LogP contribution is 2.43. The number of carbonyl (C=O) groups is 1. The predicted octanol–water partition coefficient (Wildman–Crippen LogP) is 0.496. The lowest BCUT2D eigenvalue weighted by Gasteiger charge is -2.39. The SMILES string of the molecule is CCNC(=O)N1CCN(C)C2(CC2)C1. The second kappa shape index (κ2) is 3.42. The number of likely N-dealkylation sites (N-methyl/N-ethyl adjacent to an activating group) is 1. The van der Waals surface area contributed by atoms with Crippen LogP contribution in [0.5, 0.6) is 0 Å². The lowest BCUT2D eigenvalue weighted by atomic mass is 10.1. The van der Waals surface area contributed by atoms with E-state index in [2.05, 4.69) is 17.3 Å². The molecule has 0 aromatic carbocycles. The van der Waals surface area contributed by atoms with E-state index in [-0.39, 0.29) is 6.03 Å². The molecule has 4 nitrogen and oxygen atoms in total. The van der Waals surface area contributed by atoms with Gasteiger partial charge < -0.3 is 10.2 Å². The molecule has 1 aliphatic heterocycles. The zero-order valence-corrected chi connectivity index (χ0v) is 9.05. The van der Waals surface area contributed by atoms with Gasteiger partial charge in [-0.05, 0) is 26.8 Å². The van der Waals surface area contributed by atoms with E-state index in [1.54, 1.807) is 0 Å². The molecule has 1 spiro atoms. The quantitative estimate of drug-likeness (QED) is 0.664. The summed E-state index contributed by atoms with van der Waals surface area (Å²) in [5.74, 6) is 0. The number of hydrogen-bond acceptors (Lipinski definition) is 2. The second-order valence-electron chi connectivity index (χ2n) is 4.40. The molecule has 14 heavy (non-hydrogen) atoms. The van der Waals surface area contributed by atoms with Crippen molar-refractivity contribution in [2.45, 2.75) is 25.3 Å². The van der Waals surface area contributed by atoms with Crippen LogP contribution in [0.3, 0.4) is 0 Å². The van der Waals surface area contributed by atoms with Crippen LogP contribution in [0, 0.1) is 0 Å². The van der Waals surface area contributed by atoms with Crippen molar-refractivity contribution in [3.05, 3.63) is 0 Å². The fourth-order valence-corrected chi connectivity index (χ4v) is 2.18. The third-order valence-corrected chi connectivity index (χ3v) is 3.44. The summed E-state index contributed by atoms with van der Waals surface area (Å²) in [6, 6.07) is 0.104. The summed E-state index contributed by atoms with van der Waals surface area (Å²) in [4.78, 5) is 16.0. The Kier molecular flexibility index (Phi) is 2.39. The van der Waals surface area contributed by atoms with Crippen molar-refractivity contribution in [3.63, 3.8) is 0 Å². The predicted molar refractivity (Wildman–Crippen MR) is 55.2 cm³/mol. The van der Waals surface area contributed by atoms with E-state index in [4.69, 9.17) is 0 Å². The molecular weight excluding hydrogens is 178 g/mol. The molecule has 1 saturated heterocycles. The largest absolute Gasteiger partial charge is 0.338 e. The van der Waals surface area contributed by atoms with Crippen LogP contribution >= 0.6 is 0 Å². The molecule has 2 aliphatic rings. The van der Waals surface area contributed by atoms with Crippen LogP contribution in [0.25, 0.3) is 0 Å². The van der Waals surface area contributed by atoms with E-state index < -0.39 is 0 Å².